The van der Waals surface area contributed by atoms with Gasteiger partial charge in [-0.15, -0.1) is 17.9 Å². The molecule has 3 aromatic rings. The van der Waals surface area contributed by atoms with Gasteiger partial charge in [-0.05, 0) is 31.9 Å². The first-order valence-electron chi connectivity index (χ1n) is 10.2. The summed E-state index contributed by atoms with van der Waals surface area (Å²) in [5.41, 5.74) is 1.60. The van der Waals surface area contributed by atoms with E-state index in [2.05, 4.69) is 11.9 Å². The van der Waals surface area contributed by atoms with E-state index in [0.29, 0.717) is 35.1 Å². The third kappa shape index (κ3) is 6.29. The third-order valence-corrected chi connectivity index (χ3v) is 6.53. The molecule has 164 valence electrons. The highest BCUT2D eigenvalue weighted by atomic mass is 32.2. The zero-order valence-corrected chi connectivity index (χ0v) is 19.4. The molecule has 1 aromatic carbocycles. The maximum absolute atomic E-state index is 13.1. The van der Waals surface area contributed by atoms with Crippen molar-refractivity contribution in [3.8, 4) is 10.4 Å². The topological polar surface area (TPSA) is 73.2 Å². The quantitative estimate of drug-likeness (QED) is 0.201. The van der Waals surface area contributed by atoms with E-state index in [-0.39, 0.29) is 23.3 Å². The average molecular weight is 458 g/mol. The van der Waals surface area contributed by atoms with Gasteiger partial charge >= 0.3 is 0 Å². The van der Waals surface area contributed by atoms with Crippen molar-refractivity contribution in [3.05, 3.63) is 59.4 Å². The first kappa shape index (κ1) is 23.2. The number of thioether (sulfide) groups is 1. The van der Waals surface area contributed by atoms with Gasteiger partial charge in [-0.1, -0.05) is 48.2 Å². The van der Waals surface area contributed by atoms with E-state index in [4.69, 9.17) is 9.72 Å². The van der Waals surface area contributed by atoms with Crippen molar-refractivity contribution < 1.29 is 9.53 Å². The number of allylic oxidation sites excluding steroid dienone is 1. The Labute approximate surface area is 190 Å². The molecular formula is C23H27N3O3S2. The van der Waals surface area contributed by atoms with Crippen molar-refractivity contribution in [3.63, 3.8) is 0 Å². The number of hydrogen-bond acceptors (Lipinski definition) is 6. The van der Waals surface area contributed by atoms with Crippen LogP contribution in [-0.4, -0.2) is 40.5 Å². The Balaban J connectivity index is 1.73. The van der Waals surface area contributed by atoms with Gasteiger partial charge in [0, 0.05) is 24.6 Å². The predicted molar refractivity (Wildman–Crippen MR) is 129 cm³/mol. The first-order chi connectivity index (χ1) is 15.0. The second-order valence-electron chi connectivity index (χ2n) is 7.20. The summed E-state index contributed by atoms with van der Waals surface area (Å²) in [7, 11) is 0. The molecule has 0 bridgehead atoms. The lowest BCUT2D eigenvalue weighted by atomic mass is 10.2. The normalized spacial score (nSPS) is 11.2. The smallest absolute Gasteiger partial charge is 0.272 e. The zero-order valence-electron chi connectivity index (χ0n) is 17.8. The lowest BCUT2D eigenvalue weighted by molar-refractivity contribution is -0.118. The Morgan fingerprint density at radius 2 is 2.13 bits per heavy atom. The molecule has 1 amide bonds. The van der Waals surface area contributed by atoms with Gasteiger partial charge in [0.05, 0.1) is 17.4 Å². The number of carbonyl (C=O) groups is 1. The van der Waals surface area contributed by atoms with Crippen molar-refractivity contribution in [2.45, 2.75) is 38.1 Å². The first-order valence-corrected chi connectivity index (χ1v) is 12.0. The molecule has 0 saturated heterocycles. The lowest BCUT2D eigenvalue weighted by Gasteiger charge is -2.10. The van der Waals surface area contributed by atoms with Crippen molar-refractivity contribution in [2.24, 2.45) is 0 Å². The molecule has 1 N–H and O–H groups in total. The summed E-state index contributed by atoms with van der Waals surface area (Å²) in [5.74, 6) is 0.0971. The number of amides is 1. The second kappa shape index (κ2) is 11.3. The van der Waals surface area contributed by atoms with Crippen LogP contribution in [0.4, 0.5) is 0 Å². The minimum atomic E-state index is -0.106. The van der Waals surface area contributed by atoms with E-state index < -0.39 is 0 Å². The minimum absolute atomic E-state index is 0.0932. The zero-order chi connectivity index (χ0) is 22.2. The van der Waals surface area contributed by atoms with Gasteiger partial charge in [0.1, 0.15) is 4.70 Å². The fraction of sp³-hybridized carbons (Fsp3) is 0.348. The van der Waals surface area contributed by atoms with Crippen molar-refractivity contribution in [1.29, 1.82) is 0 Å². The number of carbonyl (C=O) groups excluding carboxylic acids is 1. The Morgan fingerprint density at radius 3 is 2.84 bits per heavy atom. The van der Waals surface area contributed by atoms with Crippen LogP contribution in [0.1, 0.15) is 20.3 Å². The molecule has 8 heteroatoms. The highest BCUT2D eigenvalue weighted by Gasteiger charge is 2.16. The number of ether oxygens (including phenoxy) is 1. The fourth-order valence-electron chi connectivity index (χ4n) is 2.94. The number of hydrogen-bond donors (Lipinski definition) is 1. The largest absolute Gasteiger partial charge is 0.379 e. The summed E-state index contributed by atoms with van der Waals surface area (Å²) in [6.45, 7) is 9.24. The van der Waals surface area contributed by atoms with E-state index in [9.17, 15) is 9.59 Å². The van der Waals surface area contributed by atoms with Gasteiger partial charge in [-0.3, -0.25) is 14.2 Å². The summed E-state index contributed by atoms with van der Waals surface area (Å²) in [5, 5.41) is 3.40. The number of fused-ring (bicyclic) bond motifs is 1. The van der Waals surface area contributed by atoms with E-state index in [1.165, 1.54) is 23.1 Å². The lowest BCUT2D eigenvalue weighted by Crippen LogP contribution is -2.28. The van der Waals surface area contributed by atoms with E-state index in [1.807, 2.05) is 50.2 Å². The van der Waals surface area contributed by atoms with Gasteiger partial charge in [0.15, 0.2) is 5.16 Å². The molecule has 31 heavy (non-hydrogen) atoms. The molecule has 3 rings (SSSR count). The number of nitrogens with zero attached hydrogens (tertiary/aromatic N) is 2. The summed E-state index contributed by atoms with van der Waals surface area (Å²) in [6.07, 6.45) is 2.62. The number of rotatable bonds is 11. The molecule has 0 saturated carbocycles. The van der Waals surface area contributed by atoms with Gasteiger partial charge in [-0.25, -0.2) is 4.98 Å². The third-order valence-electron chi connectivity index (χ3n) is 4.40. The van der Waals surface area contributed by atoms with Crippen LogP contribution in [0, 0.1) is 0 Å². The van der Waals surface area contributed by atoms with Gasteiger partial charge < -0.3 is 10.1 Å². The molecular weight excluding hydrogens is 430 g/mol. The molecule has 6 nitrogen and oxygen atoms in total. The predicted octanol–water partition coefficient (Wildman–Crippen LogP) is 4.33. The molecule has 0 aliphatic rings. The molecule has 2 heterocycles. The highest BCUT2D eigenvalue weighted by molar-refractivity contribution is 7.99. The Bertz CT molecular complexity index is 1090. The molecule has 0 spiro atoms. The Kier molecular flexibility index (Phi) is 8.45. The maximum Gasteiger partial charge on any atom is 0.272 e. The molecule has 0 unspecified atom stereocenters. The van der Waals surface area contributed by atoms with E-state index >= 15 is 0 Å². The Morgan fingerprint density at radius 1 is 1.35 bits per heavy atom. The number of benzene rings is 1. The van der Waals surface area contributed by atoms with Gasteiger partial charge in [0.25, 0.3) is 5.56 Å². The highest BCUT2D eigenvalue weighted by Crippen LogP contribution is 2.31. The van der Waals surface area contributed by atoms with Crippen LogP contribution in [0.3, 0.4) is 0 Å². The summed E-state index contributed by atoms with van der Waals surface area (Å²) in [4.78, 5) is 31.0. The minimum Gasteiger partial charge on any atom is -0.379 e. The average Bonchev–Trinajstić information content (AvgIpc) is 3.19. The monoisotopic (exact) mass is 457 g/mol. The van der Waals surface area contributed by atoms with Gasteiger partial charge in [0.2, 0.25) is 5.91 Å². The number of aromatic nitrogens is 2. The van der Waals surface area contributed by atoms with Crippen molar-refractivity contribution >= 4 is 39.2 Å². The summed E-state index contributed by atoms with van der Waals surface area (Å²) in [6, 6.07) is 11.9. The maximum atomic E-state index is 13.1. The van der Waals surface area contributed by atoms with Crippen molar-refractivity contribution in [1.82, 2.24) is 14.9 Å². The fourth-order valence-corrected chi connectivity index (χ4v) is 4.83. The second-order valence-corrected chi connectivity index (χ2v) is 9.20. The van der Waals surface area contributed by atoms with Crippen LogP contribution in [0.5, 0.6) is 0 Å². The van der Waals surface area contributed by atoms with Crippen LogP contribution in [0.2, 0.25) is 0 Å². The van der Waals surface area contributed by atoms with Crippen LogP contribution in [-0.2, 0) is 16.1 Å². The molecule has 0 fully saturated rings. The molecule has 0 aliphatic heterocycles. The molecule has 0 atom stereocenters. The van der Waals surface area contributed by atoms with Crippen molar-refractivity contribution in [2.75, 3.05) is 18.9 Å². The summed E-state index contributed by atoms with van der Waals surface area (Å²) >= 11 is 2.70. The summed E-state index contributed by atoms with van der Waals surface area (Å²) < 4.78 is 7.66. The van der Waals surface area contributed by atoms with E-state index in [1.54, 1.807) is 10.6 Å². The SMILES string of the molecule is C=CCn1c(SCC(=O)NCCCOC(C)C)nc2cc(-c3ccccc3)sc2c1=O. The molecule has 0 radical (unpaired) electrons. The van der Waals surface area contributed by atoms with E-state index in [0.717, 1.165) is 16.9 Å². The van der Waals surface area contributed by atoms with Crippen LogP contribution < -0.4 is 10.9 Å². The van der Waals surface area contributed by atoms with Crippen LogP contribution in [0.25, 0.3) is 20.7 Å². The van der Waals surface area contributed by atoms with Crippen LogP contribution in [0.15, 0.2) is 59.0 Å². The number of nitrogens with one attached hydrogen (secondary N) is 1. The van der Waals surface area contributed by atoms with Crippen LogP contribution >= 0.6 is 23.1 Å². The Hall–Kier alpha value is -2.42. The molecule has 0 aliphatic carbocycles. The number of thiophene rings is 1. The molecule has 2 aromatic heterocycles. The van der Waals surface area contributed by atoms with Gasteiger partial charge in [-0.2, -0.15) is 0 Å². The standard InChI is InChI=1S/C23H27N3O3S2/c1-4-12-26-22(28)21-18(14-19(31-21)17-9-6-5-7-10-17)25-23(26)30-15-20(27)24-11-8-13-29-16(2)3/h4-7,9-10,14,16H,1,8,11-13,15H2,2-3H3,(H,24,27).